The molecule has 0 saturated heterocycles. The Morgan fingerprint density at radius 2 is 1.81 bits per heavy atom. The quantitative estimate of drug-likeness (QED) is 0.835. The van der Waals surface area contributed by atoms with E-state index in [2.05, 4.69) is 0 Å². The van der Waals surface area contributed by atoms with Gasteiger partial charge in [-0.1, -0.05) is 19.1 Å². The number of aromatic hydroxyl groups is 2. The van der Waals surface area contributed by atoms with E-state index in [1.54, 1.807) is 12.1 Å². The Balaban J connectivity index is 2.50. The smallest absolute Gasteiger partial charge is 0.193 e. The van der Waals surface area contributed by atoms with Crippen LogP contribution >= 0.6 is 0 Å². The third kappa shape index (κ3) is 3.14. The minimum absolute atomic E-state index is 0.0902. The molecule has 0 aromatic heterocycles. The van der Waals surface area contributed by atoms with Gasteiger partial charge in [0.15, 0.2) is 5.78 Å². The lowest BCUT2D eigenvalue weighted by atomic mass is 9.94. The van der Waals surface area contributed by atoms with E-state index in [1.807, 2.05) is 32.1 Å². The second-order valence-electron chi connectivity index (χ2n) is 4.80. The fourth-order valence-corrected chi connectivity index (χ4v) is 2.24. The van der Waals surface area contributed by atoms with Crippen LogP contribution in [0.15, 0.2) is 42.5 Å². The molecule has 0 radical (unpaired) electrons. The molecule has 2 rings (SSSR count). The van der Waals surface area contributed by atoms with Crippen molar-refractivity contribution in [3.05, 3.63) is 64.7 Å². The lowest BCUT2D eigenvalue weighted by molar-refractivity contribution is 0.103. The zero-order valence-electron chi connectivity index (χ0n) is 12.1. The van der Waals surface area contributed by atoms with Crippen molar-refractivity contribution in [2.75, 3.05) is 0 Å². The van der Waals surface area contributed by atoms with Gasteiger partial charge in [-0.05, 0) is 55.3 Å². The minimum Gasteiger partial charge on any atom is -0.508 e. The highest BCUT2D eigenvalue weighted by Crippen LogP contribution is 2.26. The van der Waals surface area contributed by atoms with Crippen molar-refractivity contribution in [1.82, 2.24) is 0 Å². The van der Waals surface area contributed by atoms with E-state index in [9.17, 15) is 15.0 Å². The number of hydrogen-bond acceptors (Lipinski definition) is 3. The molecule has 0 bridgehead atoms. The molecule has 0 saturated carbocycles. The molecule has 108 valence electrons. The topological polar surface area (TPSA) is 57.5 Å². The van der Waals surface area contributed by atoms with Gasteiger partial charge in [-0.25, -0.2) is 0 Å². The van der Waals surface area contributed by atoms with E-state index in [4.69, 9.17) is 0 Å². The lowest BCUT2D eigenvalue weighted by Crippen LogP contribution is -2.05. The molecule has 0 heterocycles. The van der Waals surface area contributed by atoms with E-state index >= 15 is 0 Å². The standard InChI is InChI=1S/C18H18O3/c1-3-5-14-10-12(4-2)16(11-17(14)20)18(21)13-6-8-15(19)9-7-13/h3,5-11,19-20H,4H2,1-2H3/b5-3+. The molecular weight excluding hydrogens is 264 g/mol. The number of phenols is 2. The van der Waals surface area contributed by atoms with Gasteiger partial charge in [0.2, 0.25) is 0 Å². The average molecular weight is 282 g/mol. The third-order valence-electron chi connectivity index (χ3n) is 3.35. The van der Waals surface area contributed by atoms with Crippen LogP contribution in [-0.4, -0.2) is 16.0 Å². The SMILES string of the molecule is C/C=C/c1cc(CC)c(C(=O)c2ccc(O)cc2)cc1O. The van der Waals surface area contributed by atoms with Crippen LogP contribution in [0.3, 0.4) is 0 Å². The molecule has 0 spiro atoms. The summed E-state index contributed by atoms with van der Waals surface area (Å²) in [5.74, 6) is 0.0511. The molecule has 0 aliphatic carbocycles. The molecule has 0 aliphatic rings. The maximum atomic E-state index is 12.5. The van der Waals surface area contributed by atoms with Gasteiger partial charge in [-0.3, -0.25) is 4.79 Å². The van der Waals surface area contributed by atoms with Crippen molar-refractivity contribution in [1.29, 1.82) is 0 Å². The Labute approximate surface area is 124 Å². The van der Waals surface area contributed by atoms with Gasteiger partial charge >= 0.3 is 0 Å². The summed E-state index contributed by atoms with van der Waals surface area (Å²) < 4.78 is 0. The number of hydrogen-bond donors (Lipinski definition) is 2. The molecule has 2 N–H and O–H groups in total. The summed E-state index contributed by atoms with van der Waals surface area (Å²) >= 11 is 0. The maximum Gasteiger partial charge on any atom is 0.193 e. The summed E-state index contributed by atoms with van der Waals surface area (Å²) in [6.45, 7) is 3.85. The summed E-state index contributed by atoms with van der Waals surface area (Å²) in [7, 11) is 0. The van der Waals surface area contributed by atoms with Gasteiger partial charge in [0.1, 0.15) is 11.5 Å². The van der Waals surface area contributed by atoms with E-state index in [1.165, 1.54) is 18.2 Å². The van der Waals surface area contributed by atoms with Crippen molar-refractivity contribution in [2.45, 2.75) is 20.3 Å². The van der Waals surface area contributed by atoms with E-state index in [-0.39, 0.29) is 17.3 Å². The zero-order valence-corrected chi connectivity index (χ0v) is 12.1. The van der Waals surface area contributed by atoms with Gasteiger partial charge in [-0.15, -0.1) is 0 Å². The minimum atomic E-state index is -0.158. The third-order valence-corrected chi connectivity index (χ3v) is 3.35. The normalized spacial score (nSPS) is 11.0. The molecule has 0 unspecified atom stereocenters. The van der Waals surface area contributed by atoms with Crippen molar-refractivity contribution in [3.8, 4) is 11.5 Å². The Bertz CT molecular complexity index is 682. The first-order valence-corrected chi connectivity index (χ1v) is 6.89. The molecule has 3 heteroatoms. The van der Waals surface area contributed by atoms with Gasteiger partial charge in [0.25, 0.3) is 0 Å². The predicted octanol–water partition coefficient (Wildman–Crippen LogP) is 3.92. The summed E-state index contributed by atoms with van der Waals surface area (Å²) in [5.41, 5.74) is 2.57. The number of phenolic OH excluding ortho intramolecular Hbond substituents is 2. The number of carbonyl (C=O) groups is 1. The van der Waals surface area contributed by atoms with Crippen LogP contribution in [0.5, 0.6) is 11.5 Å². The van der Waals surface area contributed by atoms with E-state index in [0.29, 0.717) is 23.1 Å². The molecular formula is C18H18O3. The summed E-state index contributed by atoms with van der Waals surface area (Å²) in [5, 5.41) is 19.3. The fraction of sp³-hybridized carbons (Fsp3) is 0.167. The number of allylic oxidation sites excluding steroid dienone is 1. The Kier molecular flexibility index (Phi) is 4.43. The van der Waals surface area contributed by atoms with Crippen LogP contribution in [0.25, 0.3) is 6.08 Å². The van der Waals surface area contributed by atoms with Crippen LogP contribution in [0.1, 0.15) is 40.9 Å². The largest absolute Gasteiger partial charge is 0.508 e. The Hall–Kier alpha value is -2.55. The number of benzene rings is 2. The highest BCUT2D eigenvalue weighted by Gasteiger charge is 2.15. The zero-order chi connectivity index (χ0) is 15.4. The molecule has 21 heavy (non-hydrogen) atoms. The van der Waals surface area contributed by atoms with E-state index < -0.39 is 0 Å². The van der Waals surface area contributed by atoms with Gasteiger partial charge in [0, 0.05) is 16.7 Å². The van der Waals surface area contributed by atoms with Crippen LogP contribution < -0.4 is 0 Å². The lowest BCUT2D eigenvalue weighted by Gasteiger charge is -2.10. The average Bonchev–Trinajstić information content (AvgIpc) is 2.49. The second kappa shape index (κ2) is 6.27. The van der Waals surface area contributed by atoms with Crippen molar-refractivity contribution in [3.63, 3.8) is 0 Å². The van der Waals surface area contributed by atoms with Gasteiger partial charge in [-0.2, -0.15) is 0 Å². The van der Waals surface area contributed by atoms with Gasteiger partial charge < -0.3 is 10.2 Å². The number of carbonyl (C=O) groups excluding carboxylic acids is 1. The van der Waals surface area contributed by atoms with Crippen molar-refractivity contribution >= 4 is 11.9 Å². The highest BCUT2D eigenvalue weighted by atomic mass is 16.3. The van der Waals surface area contributed by atoms with E-state index in [0.717, 1.165) is 5.56 Å². The predicted molar refractivity (Wildman–Crippen MR) is 83.7 cm³/mol. The molecule has 0 atom stereocenters. The van der Waals surface area contributed by atoms with Crippen LogP contribution in [0.2, 0.25) is 0 Å². The van der Waals surface area contributed by atoms with Crippen molar-refractivity contribution < 1.29 is 15.0 Å². The first-order valence-electron chi connectivity index (χ1n) is 6.89. The second-order valence-corrected chi connectivity index (χ2v) is 4.80. The molecule has 0 amide bonds. The first-order chi connectivity index (χ1) is 10.1. The molecule has 2 aromatic rings. The van der Waals surface area contributed by atoms with Crippen molar-refractivity contribution in [2.24, 2.45) is 0 Å². The monoisotopic (exact) mass is 282 g/mol. The molecule has 0 aliphatic heterocycles. The molecule has 3 nitrogen and oxygen atoms in total. The fourth-order valence-electron chi connectivity index (χ4n) is 2.24. The number of rotatable bonds is 4. The van der Waals surface area contributed by atoms with Crippen LogP contribution in [0.4, 0.5) is 0 Å². The summed E-state index contributed by atoms with van der Waals surface area (Å²) in [6.07, 6.45) is 4.35. The summed E-state index contributed by atoms with van der Waals surface area (Å²) in [4.78, 5) is 12.5. The Morgan fingerprint density at radius 3 is 2.38 bits per heavy atom. The number of aryl methyl sites for hydroxylation is 1. The number of ketones is 1. The first kappa shape index (κ1) is 14.9. The van der Waals surface area contributed by atoms with Gasteiger partial charge in [0.05, 0.1) is 0 Å². The Morgan fingerprint density at radius 1 is 1.14 bits per heavy atom. The molecule has 2 aromatic carbocycles. The molecule has 0 fully saturated rings. The highest BCUT2D eigenvalue weighted by molar-refractivity contribution is 6.10. The van der Waals surface area contributed by atoms with Crippen LogP contribution in [0, 0.1) is 0 Å². The summed E-state index contributed by atoms with van der Waals surface area (Å²) in [6, 6.07) is 9.47. The maximum absolute atomic E-state index is 12.5. The van der Waals surface area contributed by atoms with Crippen LogP contribution in [-0.2, 0) is 6.42 Å².